The van der Waals surface area contributed by atoms with E-state index in [1.54, 1.807) is 6.92 Å². The molecule has 5 heteroatoms. The molecule has 0 bridgehead atoms. The molecule has 1 unspecified atom stereocenters. The molecule has 1 aromatic heterocycles. The van der Waals surface area contributed by atoms with Crippen LogP contribution < -0.4 is 0 Å². The van der Waals surface area contributed by atoms with Crippen LogP contribution in [-0.2, 0) is 4.74 Å². The fourth-order valence-corrected chi connectivity index (χ4v) is 3.46. The normalized spacial score (nSPS) is 25.3. The predicted octanol–water partition coefficient (Wildman–Crippen LogP) is 2.47. The summed E-state index contributed by atoms with van der Waals surface area (Å²) in [6.07, 6.45) is 5.39. The van der Waals surface area contributed by atoms with Gasteiger partial charge in [-0.2, -0.15) is 5.10 Å². The van der Waals surface area contributed by atoms with E-state index in [0.717, 1.165) is 38.0 Å². The summed E-state index contributed by atoms with van der Waals surface area (Å²) in [5.41, 5.74) is 1.79. The lowest BCUT2D eigenvalue weighted by Crippen LogP contribution is -2.46. The lowest BCUT2D eigenvalue weighted by Gasteiger charge is -2.47. The molecule has 0 aromatic carbocycles. The van der Waals surface area contributed by atoms with E-state index in [2.05, 4.69) is 5.10 Å². The van der Waals surface area contributed by atoms with Crippen molar-refractivity contribution in [3.8, 4) is 0 Å². The number of aryl methyl sites for hydroxylation is 1. The van der Waals surface area contributed by atoms with Gasteiger partial charge in [-0.25, -0.2) is 4.79 Å². The topological polar surface area (TPSA) is 64.4 Å². The van der Waals surface area contributed by atoms with E-state index >= 15 is 0 Å². The van der Waals surface area contributed by atoms with Crippen LogP contribution in [0.3, 0.4) is 0 Å². The van der Waals surface area contributed by atoms with E-state index in [1.807, 2.05) is 11.6 Å². The fourth-order valence-electron chi connectivity index (χ4n) is 3.46. The van der Waals surface area contributed by atoms with Crippen molar-refractivity contribution in [2.75, 3.05) is 6.61 Å². The summed E-state index contributed by atoms with van der Waals surface area (Å²) < 4.78 is 7.84. The molecule has 0 amide bonds. The van der Waals surface area contributed by atoms with Gasteiger partial charge < -0.3 is 9.84 Å². The van der Waals surface area contributed by atoms with Crippen molar-refractivity contribution in [2.24, 2.45) is 0 Å². The molecule has 1 atom stereocenters. The Labute approximate surface area is 112 Å². The molecule has 1 aliphatic carbocycles. The van der Waals surface area contributed by atoms with E-state index < -0.39 is 5.97 Å². The Morgan fingerprint density at radius 3 is 2.74 bits per heavy atom. The van der Waals surface area contributed by atoms with Gasteiger partial charge in [0, 0.05) is 6.61 Å². The highest BCUT2D eigenvalue weighted by Gasteiger charge is 2.43. The smallest absolute Gasteiger partial charge is 0.339 e. The summed E-state index contributed by atoms with van der Waals surface area (Å²) >= 11 is 0. The van der Waals surface area contributed by atoms with Crippen LogP contribution in [-0.4, -0.2) is 33.1 Å². The van der Waals surface area contributed by atoms with Gasteiger partial charge in [0.05, 0.1) is 23.0 Å². The number of rotatable bonds is 2. The minimum Gasteiger partial charge on any atom is -0.478 e. The van der Waals surface area contributed by atoms with Crippen LogP contribution >= 0.6 is 0 Å². The first-order valence-electron chi connectivity index (χ1n) is 6.95. The molecule has 2 aliphatic rings. The van der Waals surface area contributed by atoms with Crippen LogP contribution in [0.25, 0.3) is 0 Å². The fraction of sp³-hybridized carbons (Fsp3) is 0.714. The summed E-state index contributed by atoms with van der Waals surface area (Å²) in [6, 6.07) is 0.279. The maximum Gasteiger partial charge on any atom is 0.339 e. The molecule has 5 nitrogen and oxygen atoms in total. The molecule has 104 valence electrons. The van der Waals surface area contributed by atoms with Crippen LogP contribution in [0.1, 0.15) is 59.9 Å². The van der Waals surface area contributed by atoms with Crippen LogP contribution in [0.5, 0.6) is 0 Å². The maximum atomic E-state index is 11.3. The summed E-state index contributed by atoms with van der Waals surface area (Å²) in [5, 5.41) is 13.7. The van der Waals surface area contributed by atoms with Gasteiger partial charge in [0.15, 0.2) is 0 Å². The molecule has 3 rings (SSSR count). The predicted molar refractivity (Wildman–Crippen MR) is 69.5 cm³/mol. The molecule has 1 aliphatic heterocycles. The van der Waals surface area contributed by atoms with Gasteiger partial charge in [0.25, 0.3) is 0 Å². The van der Waals surface area contributed by atoms with Crippen molar-refractivity contribution < 1.29 is 14.6 Å². The lowest BCUT2D eigenvalue weighted by molar-refractivity contribution is -0.141. The van der Waals surface area contributed by atoms with E-state index in [4.69, 9.17) is 4.74 Å². The van der Waals surface area contributed by atoms with Crippen molar-refractivity contribution in [3.63, 3.8) is 0 Å². The zero-order valence-corrected chi connectivity index (χ0v) is 11.5. The average Bonchev–Trinajstić information content (AvgIpc) is 2.63. The molecule has 0 radical (unpaired) electrons. The van der Waals surface area contributed by atoms with Crippen molar-refractivity contribution >= 4 is 5.97 Å². The third kappa shape index (κ3) is 1.96. The molecule has 1 N–H and O–H groups in total. The van der Waals surface area contributed by atoms with E-state index in [1.165, 1.54) is 6.42 Å². The Balaban J connectivity index is 1.90. The van der Waals surface area contributed by atoms with Crippen LogP contribution in [0.4, 0.5) is 0 Å². The minimum atomic E-state index is -0.883. The molecule has 2 heterocycles. The van der Waals surface area contributed by atoms with Gasteiger partial charge in [-0.3, -0.25) is 4.68 Å². The van der Waals surface area contributed by atoms with Gasteiger partial charge in [-0.05, 0) is 46.0 Å². The van der Waals surface area contributed by atoms with Crippen molar-refractivity contribution in [3.05, 3.63) is 17.0 Å². The van der Waals surface area contributed by atoms with Crippen LogP contribution in [0.2, 0.25) is 0 Å². The second kappa shape index (κ2) is 4.34. The number of aromatic nitrogens is 2. The van der Waals surface area contributed by atoms with Crippen molar-refractivity contribution in [1.82, 2.24) is 9.78 Å². The summed E-state index contributed by atoms with van der Waals surface area (Å²) in [7, 11) is 0. The monoisotopic (exact) mass is 264 g/mol. The first kappa shape index (κ1) is 12.7. The average molecular weight is 264 g/mol. The molecular weight excluding hydrogens is 244 g/mol. The van der Waals surface area contributed by atoms with Crippen LogP contribution in [0, 0.1) is 13.8 Å². The number of ether oxygens (including phenoxy) is 1. The van der Waals surface area contributed by atoms with Gasteiger partial charge in [-0.15, -0.1) is 0 Å². The van der Waals surface area contributed by atoms with E-state index in [9.17, 15) is 9.90 Å². The molecule has 2 fully saturated rings. The summed E-state index contributed by atoms with van der Waals surface area (Å²) in [5.74, 6) is -0.883. The van der Waals surface area contributed by atoms with Gasteiger partial charge >= 0.3 is 5.97 Å². The van der Waals surface area contributed by atoms with E-state index in [-0.39, 0.29) is 11.6 Å². The Morgan fingerprint density at radius 2 is 2.21 bits per heavy atom. The zero-order valence-electron chi connectivity index (χ0n) is 11.5. The first-order chi connectivity index (χ1) is 9.02. The number of hydrogen-bond acceptors (Lipinski definition) is 3. The second-order valence-electron chi connectivity index (χ2n) is 5.83. The van der Waals surface area contributed by atoms with Gasteiger partial charge in [0.1, 0.15) is 5.56 Å². The second-order valence-corrected chi connectivity index (χ2v) is 5.83. The minimum absolute atomic E-state index is 0.0542. The Kier molecular flexibility index (Phi) is 2.89. The molecule has 1 spiro atoms. The largest absolute Gasteiger partial charge is 0.478 e. The Morgan fingerprint density at radius 1 is 1.47 bits per heavy atom. The standard InChI is InChI=1S/C14H20N2O3/c1-9-12(13(17)18)10(2)16(15-9)11-4-7-19-14(8-11)5-3-6-14/h11H,3-8H2,1-2H3,(H,17,18). The first-order valence-corrected chi connectivity index (χ1v) is 6.95. The van der Waals surface area contributed by atoms with Crippen molar-refractivity contribution in [2.45, 2.75) is 57.6 Å². The number of carbonyl (C=O) groups is 1. The number of carboxylic acid groups (broad SMARTS) is 1. The highest BCUT2D eigenvalue weighted by molar-refractivity contribution is 5.90. The molecule has 1 saturated heterocycles. The number of hydrogen-bond donors (Lipinski definition) is 1. The van der Waals surface area contributed by atoms with Crippen LogP contribution in [0.15, 0.2) is 0 Å². The molecule has 1 saturated carbocycles. The van der Waals surface area contributed by atoms with E-state index in [0.29, 0.717) is 11.3 Å². The molecule has 1 aromatic rings. The summed E-state index contributed by atoms with van der Waals surface area (Å²) in [4.78, 5) is 11.3. The number of nitrogens with zero attached hydrogens (tertiary/aromatic N) is 2. The SMILES string of the molecule is Cc1nn(C2CCOC3(CCC3)C2)c(C)c1C(=O)O. The quantitative estimate of drug-likeness (QED) is 0.891. The highest BCUT2D eigenvalue weighted by atomic mass is 16.5. The molecular formula is C14H20N2O3. The third-order valence-electron chi connectivity index (χ3n) is 4.62. The van der Waals surface area contributed by atoms with Crippen molar-refractivity contribution in [1.29, 1.82) is 0 Å². The highest BCUT2D eigenvalue weighted by Crippen LogP contribution is 2.45. The van der Waals surface area contributed by atoms with Gasteiger partial charge in [-0.1, -0.05) is 0 Å². The zero-order chi connectivity index (χ0) is 13.6. The number of carboxylic acids is 1. The maximum absolute atomic E-state index is 11.3. The molecule has 19 heavy (non-hydrogen) atoms. The third-order valence-corrected chi connectivity index (χ3v) is 4.62. The summed E-state index contributed by atoms with van der Waals surface area (Å²) in [6.45, 7) is 4.38. The number of aromatic carboxylic acids is 1. The van der Waals surface area contributed by atoms with Gasteiger partial charge in [0.2, 0.25) is 0 Å². The Bertz CT molecular complexity index is 517. The lowest BCUT2D eigenvalue weighted by atomic mass is 9.74. The Hall–Kier alpha value is -1.36.